The van der Waals surface area contributed by atoms with Gasteiger partial charge in [-0.05, 0) is 33.4 Å². The van der Waals surface area contributed by atoms with Crippen LogP contribution in [0.2, 0.25) is 0 Å². The molecule has 0 aromatic carbocycles. The van der Waals surface area contributed by atoms with Crippen LogP contribution in [0, 0.1) is 0 Å². The van der Waals surface area contributed by atoms with E-state index in [1.54, 1.807) is 0 Å². The smallest absolute Gasteiger partial charge is 0.0707 e. The van der Waals surface area contributed by atoms with Gasteiger partial charge in [0.1, 0.15) is 0 Å². The van der Waals surface area contributed by atoms with E-state index in [9.17, 15) is 0 Å². The van der Waals surface area contributed by atoms with Crippen LogP contribution in [0.5, 0.6) is 0 Å². The molecule has 1 saturated heterocycles. The van der Waals surface area contributed by atoms with Gasteiger partial charge in [0, 0.05) is 26.2 Å². The number of hydrogen-bond acceptors (Lipinski definition) is 4. The third-order valence-corrected chi connectivity index (χ3v) is 3.15. The number of nitrogens with one attached hydrogen (secondary N) is 1. The van der Waals surface area contributed by atoms with Crippen LogP contribution in [0.4, 0.5) is 0 Å². The normalized spacial score (nSPS) is 24.7. The average molecular weight is 244 g/mol. The standard InChI is InChI=1S/C13H28N2O2/c1-4-14-10-12-6-7-13(17-12)11-15(3)8-9-16-5-2/h12-14H,4-11H2,1-3H3. The summed E-state index contributed by atoms with van der Waals surface area (Å²) in [5.74, 6) is 0. The Balaban J connectivity index is 2.07. The molecule has 2 unspecified atom stereocenters. The minimum Gasteiger partial charge on any atom is -0.380 e. The molecule has 0 radical (unpaired) electrons. The van der Waals surface area contributed by atoms with Crippen LogP contribution >= 0.6 is 0 Å². The molecule has 1 heterocycles. The van der Waals surface area contributed by atoms with E-state index in [-0.39, 0.29) is 0 Å². The molecule has 17 heavy (non-hydrogen) atoms. The maximum absolute atomic E-state index is 6.00. The first-order valence-electron chi connectivity index (χ1n) is 6.88. The Morgan fingerprint density at radius 3 is 2.76 bits per heavy atom. The topological polar surface area (TPSA) is 33.7 Å². The van der Waals surface area contributed by atoms with Crippen LogP contribution in [0.25, 0.3) is 0 Å². The first-order chi connectivity index (χ1) is 8.26. The first kappa shape index (κ1) is 14.9. The molecule has 4 nitrogen and oxygen atoms in total. The van der Waals surface area contributed by atoms with E-state index in [0.717, 1.165) is 39.4 Å². The van der Waals surface area contributed by atoms with Crippen molar-refractivity contribution < 1.29 is 9.47 Å². The van der Waals surface area contributed by atoms with Gasteiger partial charge in [-0.25, -0.2) is 0 Å². The quantitative estimate of drug-likeness (QED) is 0.616. The summed E-state index contributed by atoms with van der Waals surface area (Å²) in [4.78, 5) is 2.30. The molecule has 0 aliphatic carbocycles. The lowest BCUT2D eigenvalue weighted by Crippen LogP contribution is -2.33. The summed E-state index contributed by atoms with van der Waals surface area (Å²) in [5.41, 5.74) is 0. The highest BCUT2D eigenvalue weighted by atomic mass is 16.5. The molecule has 0 bridgehead atoms. The van der Waals surface area contributed by atoms with Crippen molar-refractivity contribution in [2.45, 2.75) is 38.9 Å². The van der Waals surface area contributed by atoms with E-state index in [4.69, 9.17) is 9.47 Å². The van der Waals surface area contributed by atoms with Gasteiger partial charge in [0.05, 0.1) is 18.8 Å². The van der Waals surface area contributed by atoms with Gasteiger partial charge >= 0.3 is 0 Å². The van der Waals surface area contributed by atoms with Gasteiger partial charge in [0.25, 0.3) is 0 Å². The summed E-state index contributed by atoms with van der Waals surface area (Å²) in [6.45, 7) is 9.83. The van der Waals surface area contributed by atoms with Crippen molar-refractivity contribution in [3.8, 4) is 0 Å². The monoisotopic (exact) mass is 244 g/mol. The molecule has 0 spiro atoms. The Labute approximate surface area is 106 Å². The van der Waals surface area contributed by atoms with Crippen molar-refractivity contribution >= 4 is 0 Å². The predicted molar refractivity (Wildman–Crippen MR) is 70.4 cm³/mol. The second-order valence-corrected chi connectivity index (χ2v) is 4.72. The molecule has 1 fully saturated rings. The summed E-state index contributed by atoms with van der Waals surface area (Å²) < 4.78 is 11.3. The highest BCUT2D eigenvalue weighted by molar-refractivity contribution is 4.77. The minimum absolute atomic E-state index is 0.408. The van der Waals surface area contributed by atoms with E-state index in [1.807, 2.05) is 6.92 Å². The molecule has 0 saturated carbocycles. The van der Waals surface area contributed by atoms with E-state index in [2.05, 4.69) is 24.2 Å². The largest absolute Gasteiger partial charge is 0.380 e. The Bertz CT molecular complexity index is 190. The van der Waals surface area contributed by atoms with Gasteiger partial charge < -0.3 is 19.7 Å². The molecule has 1 rings (SSSR count). The molecule has 1 aliphatic rings. The number of likely N-dealkylation sites (N-methyl/N-ethyl adjacent to an activating group) is 2. The van der Waals surface area contributed by atoms with E-state index >= 15 is 0 Å². The molecule has 102 valence electrons. The lowest BCUT2D eigenvalue weighted by atomic mass is 10.2. The Hall–Kier alpha value is -0.160. The fourth-order valence-corrected chi connectivity index (χ4v) is 2.17. The van der Waals surface area contributed by atoms with Gasteiger partial charge in [0.15, 0.2) is 0 Å². The number of nitrogens with zero attached hydrogens (tertiary/aromatic N) is 1. The Morgan fingerprint density at radius 1 is 1.29 bits per heavy atom. The third-order valence-electron chi connectivity index (χ3n) is 3.15. The Morgan fingerprint density at radius 2 is 2.06 bits per heavy atom. The molecule has 4 heteroatoms. The van der Waals surface area contributed by atoms with Crippen LogP contribution < -0.4 is 5.32 Å². The first-order valence-corrected chi connectivity index (χ1v) is 6.88. The summed E-state index contributed by atoms with van der Waals surface area (Å²) in [5, 5.41) is 3.35. The maximum atomic E-state index is 6.00. The van der Waals surface area contributed by atoms with Crippen LogP contribution in [0.15, 0.2) is 0 Å². The van der Waals surface area contributed by atoms with Crippen LogP contribution in [-0.4, -0.2) is 63.5 Å². The Kier molecular flexibility index (Phi) is 7.77. The lowest BCUT2D eigenvalue weighted by Gasteiger charge is -2.21. The number of rotatable bonds is 9. The van der Waals surface area contributed by atoms with E-state index in [1.165, 1.54) is 12.8 Å². The SMILES string of the molecule is CCNCC1CCC(CN(C)CCOCC)O1. The zero-order valence-corrected chi connectivity index (χ0v) is 11.6. The van der Waals surface area contributed by atoms with Crippen molar-refractivity contribution in [1.82, 2.24) is 10.2 Å². The summed E-state index contributed by atoms with van der Waals surface area (Å²) in [6, 6.07) is 0. The van der Waals surface area contributed by atoms with Crippen LogP contribution in [-0.2, 0) is 9.47 Å². The molecule has 0 aromatic heterocycles. The fraction of sp³-hybridized carbons (Fsp3) is 1.00. The zero-order chi connectivity index (χ0) is 12.5. The van der Waals surface area contributed by atoms with E-state index in [0.29, 0.717) is 12.2 Å². The van der Waals surface area contributed by atoms with Crippen LogP contribution in [0.1, 0.15) is 26.7 Å². The highest BCUT2D eigenvalue weighted by Crippen LogP contribution is 2.19. The van der Waals surface area contributed by atoms with Gasteiger partial charge in [-0.1, -0.05) is 6.92 Å². The van der Waals surface area contributed by atoms with Gasteiger partial charge in [-0.15, -0.1) is 0 Å². The van der Waals surface area contributed by atoms with Crippen molar-refractivity contribution in [2.24, 2.45) is 0 Å². The van der Waals surface area contributed by atoms with Crippen molar-refractivity contribution in [2.75, 3.05) is 46.4 Å². The second kappa shape index (κ2) is 8.86. The van der Waals surface area contributed by atoms with Crippen molar-refractivity contribution in [1.29, 1.82) is 0 Å². The predicted octanol–water partition coefficient (Wildman–Crippen LogP) is 1.11. The molecule has 0 aromatic rings. The summed E-state index contributed by atoms with van der Waals surface area (Å²) >= 11 is 0. The van der Waals surface area contributed by atoms with Gasteiger partial charge in [-0.3, -0.25) is 0 Å². The van der Waals surface area contributed by atoms with Crippen LogP contribution in [0.3, 0.4) is 0 Å². The van der Waals surface area contributed by atoms with Crippen molar-refractivity contribution in [3.63, 3.8) is 0 Å². The minimum atomic E-state index is 0.408. The van der Waals surface area contributed by atoms with Gasteiger partial charge in [0.2, 0.25) is 0 Å². The summed E-state index contributed by atoms with van der Waals surface area (Å²) in [7, 11) is 2.14. The lowest BCUT2D eigenvalue weighted by molar-refractivity contribution is 0.0227. The molecular weight excluding hydrogens is 216 g/mol. The summed E-state index contributed by atoms with van der Waals surface area (Å²) in [6.07, 6.45) is 3.21. The second-order valence-electron chi connectivity index (χ2n) is 4.72. The number of ether oxygens (including phenoxy) is 2. The molecule has 1 aliphatic heterocycles. The third kappa shape index (κ3) is 6.36. The zero-order valence-electron chi connectivity index (χ0n) is 11.6. The molecule has 2 atom stereocenters. The van der Waals surface area contributed by atoms with Crippen molar-refractivity contribution in [3.05, 3.63) is 0 Å². The molecule has 1 N–H and O–H groups in total. The maximum Gasteiger partial charge on any atom is 0.0707 e. The molecule has 0 amide bonds. The average Bonchev–Trinajstić information content (AvgIpc) is 2.74. The van der Waals surface area contributed by atoms with E-state index < -0.39 is 0 Å². The molecular formula is C13H28N2O2. The van der Waals surface area contributed by atoms with Gasteiger partial charge in [-0.2, -0.15) is 0 Å². The highest BCUT2D eigenvalue weighted by Gasteiger charge is 2.25. The fourth-order valence-electron chi connectivity index (χ4n) is 2.17. The number of hydrogen-bond donors (Lipinski definition) is 1.